The maximum Gasteiger partial charge on any atom is 0.0821 e. The zero-order valence-electron chi connectivity index (χ0n) is 13.0. The van der Waals surface area contributed by atoms with Gasteiger partial charge in [0.05, 0.1) is 31.6 Å². The minimum Gasteiger partial charge on any atom is -0.376 e. The molecule has 2 aromatic rings. The van der Waals surface area contributed by atoms with Gasteiger partial charge < -0.3 is 14.4 Å². The molecule has 1 aromatic carbocycles. The van der Waals surface area contributed by atoms with Crippen LogP contribution in [-0.2, 0) is 16.0 Å². The molecule has 0 N–H and O–H groups in total. The Morgan fingerprint density at radius 3 is 2.82 bits per heavy atom. The van der Waals surface area contributed by atoms with Crippen LogP contribution in [-0.4, -0.2) is 54.2 Å². The van der Waals surface area contributed by atoms with Gasteiger partial charge in [0.15, 0.2) is 0 Å². The summed E-state index contributed by atoms with van der Waals surface area (Å²) in [7, 11) is 2.14. The first-order chi connectivity index (χ1) is 10.8. The normalized spacial score (nSPS) is 18.7. The summed E-state index contributed by atoms with van der Waals surface area (Å²) >= 11 is 0. The molecule has 5 heteroatoms. The quantitative estimate of drug-likeness (QED) is 0.819. The summed E-state index contributed by atoms with van der Waals surface area (Å²) in [5.74, 6) is 0. The van der Waals surface area contributed by atoms with Crippen molar-refractivity contribution in [3.8, 4) is 5.69 Å². The number of hydrogen-bond acceptors (Lipinski definition) is 4. The van der Waals surface area contributed by atoms with E-state index in [9.17, 15) is 0 Å². The van der Waals surface area contributed by atoms with Crippen molar-refractivity contribution in [2.45, 2.75) is 19.1 Å². The first kappa shape index (κ1) is 15.2. The summed E-state index contributed by atoms with van der Waals surface area (Å²) in [5.41, 5.74) is 2.39. The standard InChI is InChI=1S/C17H23N3O2/c1-19(10-7-17-14-21-11-12-22-17)13-15-3-5-16(6-4-15)20-9-2-8-18-20/h2-6,8-9,17H,7,10-14H2,1H3. The monoisotopic (exact) mass is 301 g/mol. The summed E-state index contributed by atoms with van der Waals surface area (Å²) < 4.78 is 13.0. The second-order valence-electron chi connectivity index (χ2n) is 5.71. The summed E-state index contributed by atoms with van der Waals surface area (Å²) in [6, 6.07) is 10.5. The first-order valence-corrected chi connectivity index (χ1v) is 7.78. The predicted molar refractivity (Wildman–Crippen MR) is 85.1 cm³/mol. The molecular formula is C17H23N3O2. The molecule has 1 unspecified atom stereocenters. The molecular weight excluding hydrogens is 278 g/mol. The summed E-state index contributed by atoms with van der Waals surface area (Å²) in [5, 5.41) is 4.24. The topological polar surface area (TPSA) is 39.5 Å². The minimum absolute atomic E-state index is 0.249. The Kier molecular flexibility index (Phi) is 5.21. The molecule has 1 saturated heterocycles. The second-order valence-corrected chi connectivity index (χ2v) is 5.71. The minimum atomic E-state index is 0.249. The maximum atomic E-state index is 5.67. The number of aromatic nitrogens is 2. The molecule has 0 bridgehead atoms. The zero-order chi connectivity index (χ0) is 15.2. The van der Waals surface area contributed by atoms with Gasteiger partial charge in [-0.2, -0.15) is 5.10 Å². The van der Waals surface area contributed by atoms with E-state index < -0.39 is 0 Å². The van der Waals surface area contributed by atoms with Crippen LogP contribution in [0, 0.1) is 0 Å². The smallest absolute Gasteiger partial charge is 0.0821 e. The van der Waals surface area contributed by atoms with Gasteiger partial charge in [0.2, 0.25) is 0 Å². The molecule has 1 atom stereocenters. The molecule has 1 aliphatic rings. The van der Waals surface area contributed by atoms with Crippen LogP contribution < -0.4 is 0 Å². The van der Waals surface area contributed by atoms with E-state index in [1.807, 2.05) is 16.9 Å². The molecule has 3 rings (SSSR count). The van der Waals surface area contributed by atoms with E-state index in [1.54, 1.807) is 6.20 Å². The molecule has 0 saturated carbocycles. The number of rotatable bonds is 6. The highest BCUT2D eigenvalue weighted by Gasteiger charge is 2.14. The van der Waals surface area contributed by atoms with Crippen molar-refractivity contribution in [2.24, 2.45) is 0 Å². The van der Waals surface area contributed by atoms with Gasteiger partial charge in [-0.05, 0) is 37.2 Å². The van der Waals surface area contributed by atoms with E-state index in [4.69, 9.17) is 9.47 Å². The lowest BCUT2D eigenvalue weighted by molar-refractivity contribution is -0.0923. The average molecular weight is 301 g/mol. The van der Waals surface area contributed by atoms with Gasteiger partial charge in [0.25, 0.3) is 0 Å². The van der Waals surface area contributed by atoms with Crippen molar-refractivity contribution >= 4 is 0 Å². The molecule has 2 heterocycles. The van der Waals surface area contributed by atoms with Crippen LogP contribution in [0.1, 0.15) is 12.0 Å². The fraction of sp³-hybridized carbons (Fsp3) is 0.471. The lowest BCUT2D eigenvalue weighted by Gasteiger charge is -2.25. The van der Waals surface area contributed by atoms with Crippen molar-refractivity contribution < 1.29 is 9.47 Å². The van der Waals surface area contributed by atoms with Crippen LogP contribution in [0.3, 0.4) is 0 Å². The fourth-order valence-electron chi connectivity index (χ4n) is 2.63. The average Bonchev–Trinajstić information content (AvgIpc) is 3.09. The Morgan fingerprint density at radius 2 is 2.14 bits per heavy atom. The van der Waals surface area contributed by atoms with E-state index in [1.165, 1.54) is 5.56 Å². The molecule has 1 fully saturated rings. The van der Waals surface area contributed by atoms with E-state index in [0.717, 1.165) is 45.0 Å². The second kappa shape index (κ2) is 7.54. The molecule has 0 radical (unpaired) electrons. The van der Waals surface area contributed by atoms with Gasteiger partial charge in [-0.1, -0.05) is 12.1 Å². The van der Waals surface area contributed by atoms with Crippen LogP contribution in [0.4, 0.5) is 0 Å². The summed E-state index contributed by atoms with van der Waals surface area (Å²) in [6.07, 6.45) is 5.01. The third-order valence-corrected chi connectivity index (χ3v) is 3.88. The predicted octanol–water partition coefficient (Wildman–Crippen LogP) is 2.11. The van der Waals surface area contributed by atoms with E-state index in [-0.39, 0.29) is 6.10 Å². The fourth-order valence-corrected chi connectivity index (χ4v) is 2.63. The van der Waals surface area contributed by atoms with Crippen LogP contribution in [0.25, 0.3) is 5.69 Å². The highest BCUT2D eigenvalue weighted by Crippen LogP contribution is 2.11. The summed E-state index contributed by atoms with van der Waals surface area (Å²) in [4.78, 5) is 2.32. The molecule has 0 amide bonds. The van der Waals surface area contributed by atoms with Crippen LogP contribution in [0.5, 0.6) is 0 Å². The Balaban J connectivity index is 1.47. The molecule has 0 aliphatic carbocycles. The number of hydrogen-bond donors (Lipinski definition) is 0. The van der Waals surface area contributed by atoms with Crippen molar-refractivity contribution in [3.63, 3.8) is 0 Å². The third-order valence-electron chi connectivity index (χ3n) is 3.88. The van der Waals surface area contributed by atoms with Crippen molar-refractivity contribution in [1.29, 1.82) is 0 Å². The Labute approximate surface area is 131 Å². The Morgan fingerprint density at radius 1 is 1.27 bits per heavy atom. The Bertz CT molecular complexity index is 548. The molecule has 5 nitrogen and oxygen atoms in total. The van der Waals surface area contributed by atoms with Gasteiger partial charge in [-0.15, -0.1) is 0 Å². The van der Waals surface area contributed by atoms with Crippen LogP contribution in [0.15, 0.2) is 42.7 Å². The van der Waals surface area contributed by atoms with Gasteiger partial charge >= 0.3 is 0 Å². The van der Waals surface area contributed by atoms with E-state index in [2.05, 4.69) is 41.3 Å². The molecule has 118 valence electrons. The highest BCUT2D eigenvalue weighted by atomic mass is 16.6. The maximum absolute atomic E-state index is 5.67. The lowest BCUT2D eigenvalue weighted by atomic mass is 10.2. The molecule has 0 spiro atoms. The third kappa shape index (κ3) is 4.16. The van der Waals surface area contributed by atoms with E-state index >= 15 is 0 Å². The molecule has 1 aromatic heterocycles. The highest BCUT2D eigenvalue weighted by molar-refractivity contribution is 5.33. The SMILES string of the molecule is CN(CCC1COCCO1)Cc1ccc(-n2cccn2)cc1. The van der Waals surface area contributed by atoms with Crippen molar-refractivity contribution in [2.75, 3.05) is 33.4 Å². The number of benzene rings is 1. The van der Waals surface area contributed by atoms with Crippen LogP contribution in [0.2, 0.25) is 0 Å². The molecule has 22 heavy (non-hydrogen) atoms. The number of ether oxygens (including phenoxy) is 2. The van der Waals surface area contributed by atoms with Gasteiger partial charge in [0, 0.05) is 25.5 Å². The largest absolute Gasteiger partial charge is 0.376 e. The van der Waals surface area contributed by atoms with Crippen molar-refractivity contribution in [1.82, 2.24) is 14.7 Å². The first-order valence-electron chi connectivity index (χ1n) is 7.78. The Hall–Kier alpha value is -1.69. The van der Waals surface area contributed by atoms with Gasteiger partial charge in [-0.3, -0.25) is 0 Å². The van der Waals surface area contributed by atoms with Gasteiger partial charge in [0.1, 0.15) is 0 Å². The number of nitrogens with zero attached hydrogens (tertiary/aromatic N) is 3. The van der Waals surface area contributed by atoms with Gasteiger partial charge in [-0.25, -0.2) is 4.68 Å². The van der Waals surface area contributed by atoms with Crippen molar-refractivity contribution in [3.05, 3.63) is 48.3 Å². The molecule has 1 aliphatic heterocycles. The van der Waals surface area contributed by atoms with Crippen LogP contribution >= 0.6 is 0 Å². The van der Waals surface area contributed by atoms with E-state index in [0.29, 0.717) is 0 Å². The zero-order valence-corrected chi connectivity index (χ0v) is 13.0. The lowest BCUT2D eigenvalue weighted by Crippen LogP contribution is -2.32. The summed E-state index contributed by atoms with van der Waals surface area (Å²) in [6.45, 7) is 4.13.